The Labute approximate surface area is 124 Å². The number of hydrogen-bond acceptors (Lipinski definition) is 3. The quantitative estimate of drug-likeness (QED) is 0.909. The van der Waals surface area contributed by atoms with Gasteiger partial charge in [-0.15, -0.1) is 0 Å². The van der Waals surface area contributed by atoms with Crippen LogP contribution in [0.3, 0.4) is 0 Å². The predicted molar refractivity (Wildman–Crippen MR) is 85.3 cm³/mol. The van der Waals surface area contributed by atoms with Gasteiger partial charge in [0.15, 0.2) is 0 Å². The van der Waals surface area contributed by atoms with Crippen LogP contribution in [0.1, 0.15) is 22.7 Å². The third-order valence-corrected chi connectivity index (χ3v) is 3.86. The average Bonchev–Trinajstić information content (AvgIpc) is 2.73. The molecule has 0 bridgehead atoms. The zero-order chi connectivity index (χ0) is 15.0. The van der Waals surface area contributed by atoms with E-state index in [0.717, 1.165) is 23.5 Å². The molecule has 0 saturated heterocycles. The molecule has 4 nitrogen and oxygen atoms in total. The number of anilines is 2. The molecule has 2 aromatic rings. The van der Waals surface area contributed by atoms with Crippen molar-refractivity contribution in [3.63, 3.8) is 0 Å². The normalized spacial score (nSPS) is 16.5. The molecule has 3 rings (SSSR count). The van der Waals surface area contributed by atoms with E-state index in [2.05, 4.69) is 41.4 Å². The van der Waals surface area contributed by atoms with Crippen LogP contribution in [0.25, 0.3) is 0 Å². The van der Waals surface area contributed by atoms with Gasteiger partial charge in [-0.25, -0.2) is 0 Å². The number of nitrogens with one attached hydrogen (secondary N) is 1. The maximum Gasteiger partial charge on any atom is 0.245 e. The number of aryl methyl sites for hydroxylation is 1. The predicted octanol–water partition coefficient (Wildman–Crippen LogP) is 2.58. The highest BCUT2D eigenvalue weighted by atomic mass is 16.2. The monoisotopic (exact) mass is 281 g/mol. The van der Waals surface area contributed by atoms with Crippen molar-refractivity contribution in [2.24, 2.45) is 5.73 Å². The first-order valence-corrected chi connectivity index (χ1v) is 7.01. The molecule has 1 unspecified atom stereocenters. The lowest BCUT2D eigenvalue weighted by Crippen LogP contribution is -2.19. The molecule has 1 aliphatic rings. The van der Waals surface area contributed by atoms with Gasteiger partial charge in [-0.1, -0.05) is 35.9 Å². The Hall–Kier alpha value is -2.33. The Morgan fingerprint density at radius 3 is 2.81 bits per heavy atom. The van der Waals surface area contributed by atoms with Gasteiger partial charge < -0.3 is 16.0 Å². The fraction of sp³-hybridized carbons (Fsp3) is 0.235. The Morgan fingerprint density at radius 2 is 2.05 bits per heavy atom. The van der Waals surface area contributed by atoms with Crippen molar-refractivity contribution < 1.29 is 4.79 Å². The minimum Gasteiger partial charge on any atom is -0.370 e. The molecule has 0 saturated carbocycles. The van der Waals surface area contributed by atoms with Crippen LogP contribution in [-0.2, 0) is 11.3 Å². The summed E-state index contributed by atoms with van der Waals surface area (Å²) in [5, 5.41) is 2.82. The lowest BCUT2D eigenvalue weighted by atomic mass is 10.1. The van der Waals surface area contributed by atoms with Crippen molar-refractivity contribution in [2.45, 2.75) is 19.5 Å². The fourth-order valence-electron chi connectivity index (χ4n) is 2.69. The van der Waals surface area contributed by atoms with E-state index in [1.165, 1.54) is 11.1 Å². The van der Waals surface area contributed by atoms with E-state index in [0.29, 0.717) is 0 Å². The number of amides is 1. The molecule has 2 aromatic carbocycles. The summed E-state index contributed by atoms with van der Waals surface area (Å²) in [4.78, 5) is 13.7. The van der Waals surface area contributed by atoms with E-state index in [1.54, 1.807) is 0 Å². The molecule has 4 heteroatoms. The molecule has 1 amide bonds. The molecule has 3 N–H and O–H groups in total. The van der Waals surface area contributed by atoms with Gasteiger partial charge in [-0.2, -0.15) is 0 Å². The van der Waals surface area contributed by atoms with Gasteiger partial charge in [-0.3, -0.25) is 4.79 Å². The van der Waals surface area contributed by atoms with Crippen molar-refractivity contribution in [3.8, 4) is 0 Å². The number of benzene rings is 2. The van der Waals surface area contributed by atoms with Crippen LogP contribution in [0.15, 0.2) is 42.5 Å². The second kappa shape index (κ2) is 5.22. The summed E-state index contributed by atoms with van der Waals surface area (Å²) in [6, 6.07) is 13.8. The lowest BCUT2D eigenvalue weighted by Gasteiger charge is -2.20. The van der Waals surface area contributed by atoms with Crippen LogP contribution in [0.2, 0.25) is 0 Å². The maximum atomic E-state index is 11.6. The molecule has 108 valence electrons. The van der Waals surface area contributed by atoms with Crippen molar-refractivity contribution in [1.82, 2.24) is 0 Å². The molecule has 1 aliphatic heterocycles. The summed E-state index contributed by atoms with van der Waals surface area (Å²) in [5.41, 5.74) is 11.1. The van der Waals surface area contributed by atoms with Gasteiger partial charge in [0.1, 0.15) is 6.04 Å². The molecule has 1 heterocycles. The van der Waals surface area contributed by atoms with Gasteiger partial charge >= 0.3 is 0 Å². The first kappa shape index (κ1) is 13.6. The number of carbonyl (C=O) groups is 1. The van der Waals surface area contributed by atoms with E-state index in [9.17, 15) is 4.79 Å². The second-order valence-corrected chi connectivity index (χ2v) is 5.58. The summed E-state index contributed by atoms with van der Waals surface area (Å²) in [5.74, 6) is -0.136. The third kappa shape index (κ3) is 2.62. The molecule has 0 aliphatic carbocycles. The van der Waals surface area contributed by atoms with Crippen molar-refractivity contribution >= 4 is 17.3 Å². The van der Waals surface area contributed by atoms with Crippen molar-refractivity contribution in [3.05, 3.63) is 59.2 Å². The van der Waals surface area contributed by atoms with Gasteiger partial charge in [0, 0.05) is 30.5 Å². The topological polar surface area (TPSA) is 58.4 Å². The summed E-state index contributed by atoms with van der Waals surface area (Å²) >= 11 is 0. The largest absolute Gasteiger partial charge is 0.370 e. The van der Waals surface area contributed by atoms with Crippen LogP contribution in [0.4, 0.5) is 11.4 Å². The highest BCUT2D eigenvalue weighted by molar-refractivity contribution is 6.02. The molecule has 0 radical (unpaired) electrons. The molecule has 21 heavy (non-hydrogen) atoms. The van der Waals surface area contributed by atoms with E-state index < -0.39 is 6.04 Å². The molecular formula is C17H19N3O. The molecule has 0 fully saturated rings. The van der Waals surface area contributed by atoms with Gasteiger partial charge in [0.2, 0.25) is 5.91 Å². The van der Waals surface area contributed by atoms with Crippen LogP contribution in [0, 0.1) is 6.92 Å². The standard InChI is InChI=1S/C17H19N3O/c1-11-4-3-5-12(8-11)10-20(2)13-6-7-14-15(9-13)19-17(21)16(14)18/h3-9,16H,10,18H2,1-2H3,(H,19,21). The first-order valence-electron chi connectivity index (χ1n) is 7.01. The number of nitrogens with zero attached hydrogens (tertiary/aromatic N) is 1. The van der Waals surface area contributed by atoms with Crippen LogP contribution in [0.5, 0.6) is 0 Å². The average molecular weight is 281 g/mol. The Balaban J connectivity index is 1.81. The zero-order valence-electron chi connectivity index (χ0n) is 12.3. The Kier molecular flexibility index (Phi) is 3.39. The van der Waals surface area contributed by atoms with Gasteiger partial charge in [0.05, 0.1) is 0 Å². The highest BCUT2D eigenvalue weighted by Crippen LogP contribution is 2.32. The summed E-state index contributed by atoms with van der Waals surface area (Å²) in [6.07, 6.45) is 0. The Bertz CT molecular complexity index is 696. The van der Waals surface area contributed by atoms with Crippen molar-refractivity contribution in [1.29, 1.82) is 0 Å². The van der Waals surface area contributed by atoms with Crippen LogP contribution in [-0.4, -0.2) is 13.0 Å². The Morgan fingerprint density at radius 1 is 1.24 bits per heavy atom. The highest BCUT2D eigenvalue weighted by Gasteiger charge is 2.27. The van der Waals surface area contributed by atoms with Crippen LogP contribution < -0.4 is 16.0 Å². The molecule has 1 atom stereocenters. The number of carbonyl (C=O) groups excluding carboxylic acids is 1. The van der Waals surface area contributed by atoms with Crippen molar-refractivity contribution in [2.75, 3.05) is 17.3 Å². The van der Waals surface area contributed by atoms with Gasteiger partial charge in [0.25, 0.3) is 0 Å². The third-order valence-electron chi connectivity index (χ3n) is 3.86. The smallest absolute Gasteiger partial charge is 0.245 e. The minimum absolute atomic E-state index is 0.136. The summed E-state index contributed by atoms with van der Waals surface area (Å²) in [6.45, 7) is 2.91. The summed E-state index contributed by atoms with van der Waals surface area (Å²) < 4.78 is 0. The fourth-order valence-corrected chi connectivity index (χ4v) is 2.69. The zero-order valence-corrected chi connectivity index (χ0v) is 12.3. The molecule has 0 spiro atoms. The number of nitrogens with two attached hydrogens (primary N) is 1. The number of rotatable bonds is 3. The van der Waals surface area contributed by atoms with E-state index in [-0.39, 0.29) is 5.91 Å². The minimum atomic E-state index is -0.545. The van der Waals surface area contributed by atoms with Gasteiger partial charge in [-0.05, 0) is 24.6 Å². The first-order chi connectivity index (χ1) is 10.0. The maximum absolute atomic E-state index is 11.6. The van der Waals surface area contributed by atoms with E-state index >= 15 is 0 Å². The SMILES string of the molecule is Cc1cccc(CN(C)c2ccc3c(c2)NC(=O)C3N)c1. The van der Waals surface area contributed by atoms with Crippen LogP contribution >= 0.6 is 0 Å². The van der Waals surface area contributed by atoms with E-state index in [1.807, 2.05) is 25.2 Å². The molecule has 0 aromatic heterocycles. The molecular weight excluding hydrogens is 262 g/mol. The summed E-state index contributed by atoms with van der Waals surface area (Å²) in [7, 11) is 2.04. The number of hydrogen-bond donors (Lipinski definition) is 2. The lowest BCUT2D eigenvalue weighted by molar-refractivity contribution is -0.116. The second-order valence-electron chi connectivity index (χ2n) is 5.58. The van der Waals surface area contributed by atoms with E-state index in [4.69, 9.17) is 5.73 Å². The number of fused-ring (bicyclic) bond motifs is 1.